The highest BCUT2D eigenvalue weighted by Crippen LogP contribution is 2.33. The van der Waals surface area contributed by atoms with Crippen LogP contribution in [0.4, 0.5) is 4.39 Å². The van der Waals surface area contributed by atoms with Crippen molar-refractivity contribution in [1.82, 2.24) is 15.2 Å². The predicted molar refractivity (Wildman–Crippen MR) is 89.2 cm³/mol. The van der Waals surface area contributed by atoms with Crippen LogP contribution in [0.3, 0.4) is 0 Å². The Kier molecular flexibility index (Phi) is 5.47. The van der Waals surface area contributed by atoms with Crippen LogP contribution in [0.1, 0.15) is 47.6 Å². The number of carbonyl (C=O) groups excluding carboxylic acids is 1. The quantitative estimate of drug-likeness (QED) is 0.875. The first-order chi connectivity index (χ1) is 10.5. The third-order valence-corrected chi connectivity index (χ3v) is 4.56. The molecule has 5 nitrogen and oxygen atoms in total. The summed E-state index contributed by atoms with van der Waals surface area (Å²) < 4.78 is 16.2. The number of nitrogens with one attached hydrogen (secondary N) is 2. The maximum absolute atomic E-state index is 14.5. The molecule has 1 aromatic heterocycles. The monoisotopic (exact) mass is 343 g/mol. The van der Waals surface area contributed by atoms with Crippen molar-refractivity contribution in [3.8, 4) is 0 Å². The summed E-state index contributed by atoms with van der Waals surface area (Å²) in [5, 5.41) is 5.72. The van der Waals surface area contributed by atoms with Gasteiger partial charge in [-0.05, 0) is 57.3 Å². The van der Waals surface area contributed by atoms with E-state index in [-0.39, 0.29) is 36.1 Å². The van der Waals surface area contributed by atoms with E-state index in [1.165, 1.54) is 0 Å². The highest BCUT2D eigenvalue weighted by atomic mass is 35.5. The number of aryl methyl sites for hydroxylation is 1. The zero-order valence-electron chi connectivity index (χ0n) is 13.2. The molecule has 2 aliphatic rings. The zero-order valence-corrected chi connectivity index (χ0v) is 14.0. The first-order valence-electron chi connectivity index (χ1n) is 7.90. The Morgan fingerprint density at radius 1 is 1.43 bits per heavy atom. The van der Waals surface area contributed by atoms with Crippen LogP contribution in [0.25, 0.3) is 0 Å². The van der Waals surface area contributed by atoms with E-state index in [4.69, 9.17) is 0 Å². The molecule has 0 bridgehead atoms. The van der Waals surface area contributed by atoms with Crippen molar-refractivity contribution in [2.24, 2.45) is 0 Å². The SMILES string of the molecule is Cc1ccn(C2CC2)c(=O)c1C(=O)NCC1(F)CCNCC1.Cl. The minimum Gasteiger partial charge on any atom is -0.349 e. The molecular formula is C16H23ClFN3O2. The fourth-order valence-corrected chi connectivity index (χ4v) is 2.94. The van der Waals surface area contributed by atoms with Gasteiger partial charge in [-0.1, -0.05) is 0 Å². The summed E-state index contributed by atoms with van der Waals surface area (Å²) in [4.78, 5) is 24.8. The summed E-state index contributed by atoms with van der Waals surface area (Å²) >= 11 is 0. The molecule has 1 saturated heterocycles. The first-order valence-corrected chi connectivity index (χ1v) is 7.90. The normalized spacial score (nSPS) is 19.7. The van der Waals surface area contributed by atoms with E-state index < -0.39 is 11.6 Å². The summed E-state index contributed by atoms with van der Waals surface area (Å²) in [6, 6.07) is 2.00. The Balaban J connectivity index is 0.00000192. The lowest BCUT2D eigenvalue weighted by Crippen LogP contribution is -2.47. The van der Waals surface area contributed by atoms with Crippen molar-refractivity contribution in [3.63, 3.8) is 0 Å². The number of rotatable bonds is 4. The molecule has 1 saturated carbocycles. The predicted octanol–water partition coefficient (Wildman–Crippen LogP) is 1.73. The van der Waals surface area contributed by atoms with E-state index in [1.807, 2.05) is 0 Å². The summed E-state index contributed by atoms with van der Waals surface area (Å²) in [6.07, 6.45) is 4.46. The van der Waals surface area contributed by atoms with E-state index in [2.05, 4.69) is 10.6 Å². The largest absolute Gasteiger partial charge is 0.349 e. The molecule has 7 heteroatoms. The Bertz CT molecular complexity index is 637. The molecule has 0 aromatic carbocycles. The molecule has 1 amide bonds. The summed E-state index contributed by atoms with van der Waals surface area (Å²) in [5.41, 5.74) is -0.859. The van der Waals surface area contributed by atoms with Crippen LogP contribution < -0.4 is 16.2 Å². The van der Waals surface area contributed by atoms with Crippen molar-refractivity contribution in [2.75, 3.05) is 19.6 Å². The second-order valence-corrected chi connectivity index (χ2v) is 6.40. The maximum atomic E-state index is 14.5. The number of nitrogens with zero attached hydrogens (tertiary/aromatic N) is 1. The van der Waals surface area contributed by atoms with Crippen LogP contribution in [0.15, 0.2) is 17.1 Å². The Labute approximate surface area is 141 Å². The maximum Gasteiger partial charge on any atom is 0.263 e. The number of piperidine rings is 1. The number of hydrogen-bond donors (Lipinski definition) is 2. The molecule has 0 unspecified atom stereocenters. The van der Waals surface area contributed by atoms with E-state index in [0.29, 0.717) is 31.5 Å². The molecular weight excluding hydrogens is 321 g/mol. The van der Waals surface area contributed by atoms with Crippen LogP contribution in [0.5, 0.6) is 0 Å². The minimum absolute atomic E-state index is 0. The van der Waals surface area contributed by atoms with Crippen LogP contribution in [0.2, 0.25) is 0 Å². The lowest BCUT2D eigenvalue weighted by atomic mass is 9.94. The highest BCUT2D eigenvalue weighted by Gasteiger charge is 2.33. The van der Waals surface area contributed by atoms with Crippen LogP contribution >= 0.6 is 12.4 Å². The smallest absolute Gasteiger partial charge is 0.263 e. The number of halogens is 2. The van der Waals surface area contributed by atoms with E-state index in [9.17, 15) is 14.0 Å². The van der Waals surface area contributed by atoms with Crippen molar-refractivity contribution in [2.45, 2.75) is 44.3 Å². The van der Waals surface area contributed by atoms with Gasteiger partial charge >= 0.3 is 0 Å². The molecule has 128 valence electrons. The first kappa shape index (κ1) is 17.9. The average Bonchev–Trinajstić information content (AvgIpc) is 3.31. The molecule has 1 aromatic rings. The van der Waals surface area contributed by atoms with Gasteiger partial charge in [-0.15, -0.1) is 12.4 Å². The minimum atomic E-state index is -1.38. The molecule has 3 rings (SSSR count). The molecule has 0 spiro atoms. The van der Waals surface area contributed by atoms with E-state index in [1.54, 1.807) is 23.8 Å². The topological polar surface area (TPSA) is 63.1 Å². The molecule has 2 fully saturated rings. The Hall–Kier alpha value is -1.40. The van der Waals surface area contributed by atoms with Gasteiger partial charge in [0.2, 0.25) is 0 Å². The van der Waals surface area contributed by atoms with Crippen molar-refractivity contribution in [1.29, 1.82) is 0 Å². The molecule has 1 aliphatic carbocycles. The number of amides is 1. The average molecular weight is 344 g/mol. The molecule has 1 aliphatic heterocycles. The lowest BCUT2D eigenvalue weighted by molar-refractivity contribution is 0.0834. The van der Waals surface area contributed by atoms with Crippen molar-refractivity contribution in [3.05, 3.63) is 33.7 Å². The molecule has 2 heterocycles. The van der Waals surface area contributed by atoms with Gasteiger partial charge < -0.3 is 15.2 Å². The van der Waals surface area contributed by atoms with Gasteiger partial charge in [0.05, 0.1) is 6.54 Å². The summed E-state index contributed by atoms with van der Waals surface area (Å²) in [5.74, 6) is -0.465. The van der Waals surface area contributed by atoms with Crippen LogP contribution in [0, 0.1) is 6.92 Å². The van der Waals surface area contributed by atoms with E-state index in [0.717, 1.165) is 12.8 Å². The summed E-state index contributed by atoms with van der Waals surface area (Å²) in [7, 11) is 0. The second-order valence-electron chi connectivity index (χ2n) is 6.40. The van der Waals surface area contributed by atoms with Crippen LogP contribution in [-0.4, -0.2) is 35.8 Å². The van der Waals surface area contributed by atoms with Gasteiger partial charge in [-0.2, -0.15) is 0 Å². The third kappa shape index (κ3) is 3.93. The summed E-state index contributed by atoms with van der Waals surface area (Å²) in [6.45, 7) is 2.93. The molecule has 0 radical (unpaired) electrons. The molecule has 0 atom stereocenters. The molecule has 2 N–H and O–H groups in total. The number of carbonyl (C=O) groups is 1. The van der Waals surface area contributed by atoms with Gasteiger partial charge in [0.1, 0.15) is 11.2 Å². The highest BCUT2D eigenvalue weighted by molar-refractivity contribution is 5.95. The third-order valence-electron chi connectivity index (χ3n) is 4.56. The standard InChI is InChI=1S/C16H22FN3O2.ClH/c1-11-4-9-20(12-2-3-12)15(22)13(11)14(21)19-10-16(17)5-7-18-8-6-16;/h4,9,12,18H,2-3,5-8,10H2,1H3,(H,19,21);1H. The van der Waals surface area contributed by atoms with Gasteiger partial charge in [-0.25, -0.2) is 4.39 Å². The second kappa shape index (κ2) is 7.01. The Morgan fingerprint density at radius 2 is 2.09 bits per heavy atom. The van der Waals surface area contributed by atoms with Gasteiger partial charge in [-0.3, -0.25) is 9.59 Å². The van der Waals surface area contributed by atoms with Gasteiger partial charge in [0, 0.05) is 12.2 Å². The fraction of sp³-hybridized carbons (Fsp3) is 0.625. The van der Waals surface area contributed by atoms with Gasteiger partial charge in [0.25, 0.3) is 11.5 Å². The number of aromatic nitrogens is 1. The number of pyridine rings is 1. The molecule has 23 heavy (non-hydrogen) atoms. The van der Waals surface area contributed by atoms with E-state index >= 15 is 0 Å². The van der Waals surface area contributed by atoms with Crippen molar-refractivity contribution >= 4 is 18.3 Å². The van der Waals surface area contributed by atoms with Gasteiger partial charge in [0.15, 0.2) is 0 Å². The number of hydrogen-bond acceptors (Lipinski definition) is 3. The Morgan fingerprint density at radius 3 is 2.70 bits per heavy atom. The fourth-order valence-electron chi connectivity index (χ4n) is 2.94. The lowest BCUT2D eigenvalue weighted by Gasteiger charge is -2.30. The van der Waals surface area contributed by atoms with Crippen molar-refractivity contribution < 1.29 is 9.18 Å². The zero-order chi connectivity index (χ0) is 15.7. The number of alkyl halides is 1. The van der Waals surface area contributed by atoms with Crippen LogP contribution in [-0.2, 0) is 0 Å².